The summed E-state index contributed by atoms with van der Waals surface area (Å²) < 4.78 is 37.0. The van der Waals surface area contributed by atoms with Crippen LogP contribution in [-0.2, 0) is 11.3 Å². The van der Waals surface area contributed by atoms with Gasteiger partial charge in [-0.3, -0.25) is 9.59 Å². The predicted molar refractivity (Wildman–Crippen MR) is 62.7 cm³/mol. The molecular weight excluding hydrogens is 261 g/mol. The molecule has 0 aliphatic carbocycles. The van der Waals surface area contributed by atoms with Crippen LogP contribution in [0.25, 0.3) is 0 Å². The van der Waals surface area contributed by atoms with Crippen LogP contribution in [0.2, 0.25) is 0 Å². The van der Waals surface area contributed by atoms with E-state index in [4.69, 9.17) is 0 Å². The largest absolute Gasteiger partial charge is 0.405 e. The Bertz CT molecular complexity index is 464. The first-order valence-corrected chi connectivity index (χ1v) is 5.72. The van der Waals surface area contributed by atoms with E-state index in [9.17, 15) is 22.8 Å². The number of halogens is 3. The quantitative estimate of drug-likeness (QED) is 0.836. The van der Waals surface area contributed by atoms with Gasteiger partial charge in [-0.15, -0.1) is 0 Å². The smallest absolute Gasteiger partial charge is 0.345 e. The third-order valence-corrected chi connectivity index (χ3v) is 2.37. The molecule has 1 aromatic heterocycles. The second kappa shape index (κ2) is 5.90. The Morgan fingerprint density at radius 2 is 2.00 bits per heavy atom. The molecule has 4 nitrogen and oxygen atoms in total. The molecule has 1 rings (SSSR count). The molecule has 0 unspecified atom stereocenters. The monoisotopic (exact) mass is 276 g/mol. The first kappa shape index (κ1) is 15.3. The molecule has 106 valence electrons. The van der Waals surface area contributed by atoms with Crippen LogP contribution in [-0.4, -0.2) is 29.0 Å². The van der Waals surface area contributed by atoms with Gasteiger partial charge in [0.25, 0.3) is 0 Å². The molecular formula is C12H15F3N2O2. The Morgan fingerprint density at radius 1 is 1.37 bits per heavy atom. The van der Waals surface area contributed by atoms with Crippen molar-refractivity contribution in [1.29, 1.82) is 0 Å². The Labute approximate surface area is 108 Å². The first-order chi connectivity index (χ1) is 8.69. The molecule has 0 fully saturated rings. The van der Waals surface area contributed by atoms with Crippen LogP contribution < -0.4 is 5.32 Å². The summed E-state index contributed by atoms with van der Waals surface area (Å²) in [7, 11) is 0. The number of carbonyl (C=O) groups excluding carboxylic acids is 2. The topological polar surface area (TPSA) is 51.1 Å². The molecule has 19 heavy (non-hydrogen) atoms. The van der Waals surface area contributed by atoms with Crippen molar-refractivity contribution in [3.8, 4) is 0 Å². The van der Waals surface area contributed by atoms with Crippen LogP contribution in [0.3, 0.4) is 0 Å². The predicted octanol–water partition coefficient (Wildman–Crippen LogP) is 2.01. The Kier molecular flexibility index (Phi) is 4.74. The molecule has 0 aliphatic heterocycles. The van der Waals surface area contributed by atoms with E-state index in [1.807, 2.05) is 0 Å². The molecule has 1 amide bonds. The van der Waals surface area contributed by atoms with Crippen LogP contribution >= 0.6 is 0 Å². The zero-order chi connectivity index (χ0) is 14.6. The number of rotatable bonds is 5. The van der Waals surface area contributed by atoms with Crippen molar-refractivity contribution in [2.24, 2.45) is 5.92 Å². The highest BCUT2D eigenvalue weighted by atomic mass is 19.4. The molecule has 7 heteroatoms. The van der Waals surface area contributed by atoms with Crippen molar-refractivity contribution in [3.63, 3.8) is 0 Å². The summed E-state index contributed by atoms with van der Waals surface area (Å²) in [6, 6.07) is 1.54. The summed E-state index contributed by atoms with van der Waals surface area (Å²) >= 11 is 0. The summed E-state index contributed by atoms with van der Waals surface area (Å²) in [5, 5.41) is 1.76. The normalized spacial score (nSPS) is 11.7. The molecule has 0 spiro atoms. The Balaban J connectivity index is 2.54. The fourth-order valence-electron chi connectivity index (χ4n) is 1.44. The van der Waals surface area contributed by atoms with E-state index in [1.165, 1.54) is 17.0 Å². The van der Waals surface area contributed by atoms with Gasteiger partial charge in [0, 0.05) is 23.9 Å². The number of carbonyl (C=O) groups is 2. The van der Waals surface area contributed by atoms with E-state index in [2.05, 4.69) is 0 Å². The van der Waals surface area contributed by atoms with E-state index in [-0.39, 0.29) is 18.2 Å². The highest BCUT2D eigenvalue weighted by molar-refractivity contribution is 5.97. The maximum absolute atomic E-state index is 11.9. The zero-order valence-corrected chi connectivity index (χ0v) is 10.6. The summed E-state index contributed by atoms with van der Waals surface area (Å²) in [5.74, 6) is -0.999. The third kappa shape index (κ3) is 5.15. The van der Waals surface area contributed by atoms with Gasteiger partial charge in [-0.05, 0) is 6.07 Å². The van der Waals surface area contributed by atoms with Crippen molar-refractivity contribution in [1.82, 2.24) is 9.88 Å². The van der Waals surface area contributed by atoms with Gasteiger partial charge >= 0.3 is 6.18 Å². The fourth-order valence-corrected chi connectivity index (χ4v) is 1.44. The molecule has 1 aromatic rings. The van der Waals surface area contributed by atoms with Crippen molar-refractivity contribution in [2.45, 2.75) is 26.6 Å². The van der Waals surface area contributed by atoms with Crippen molar-refractivity contribution >= 4 is 11.7 Å². The average Bonchev–Trinajstić information content (AvgIpc) is 2.72. The molecule has 0 saturated carbocycles. The fraction of sp³-hybridized carbons (Fsp3) is 0.500. The number of hydrogen-bond acceptors (Lipinski definition) is 2. The lowest BCUT2D eigenvalue weighted by Crippen LogP contribution is -2.35. The number of ketones is 1. The Morgan fingerprint density at radius 3 is 2.53 bits per heavy atom. The maximum atomic E-state index is 11.9. The van der Waals surface area contributed by atoms with Crippen molar-refractivity contribution in [2.75, 3.05) is 6.54 Å². The number of nitrogens with one attached hydrogen (secondary N) is 1. The average molecular weight is 276 g/mol. The van der Waals surface area contributed by atoms with Gasteiger partial charge < -0.3 is 9.88 Å². The molecule has 0 bridgehead atoms. The maximum Gasteiger partial charge on any atom is 0.405 e. The number of amides is 1. The second-order valence-electron chi connectivity index (χ2n) is 4.48. The van der Waals surface area contributed by atoms with E-state index in [0.717, 1.165) is 0 Å². The van der Waals surface area contributed by atoms with Gasteiger partial charge in [0.15, 0.2) is 5.78 Å². The van der Waals surface area contributed by atoms with Gasteiger partial charge in [-0.1, -0.05) is 13.8 Å². The summed E-state index contributed by atoms with van der Waals surface area (Å²) in [5.41, 5.74) is 0.443. The van der Waals surface area contributed by atoms with E-state index >= 15 is 0 Å². The van der Waals surface area contributed by atoms with Gasteiger partial charge in [-0.25, -0.2) is 0 Å². The summed E-state index contributed by atoms with van der Waals surface area (Å²) in [6.45, 7) is 1.89. The van der Waals surface area contributed by atoms with Crippen LogP contribution in [0.5, 0.6) is 0 Å². The Hall–Kier alpha value is -1.79. The zero-order valence-electron chi connectivity index (χ0n) is 10.6. The molecule has 0 aromatic carbocycles. The standard InChI is InChI=1S/C12H15F3N2O2/c1-8(2)11(19)9-3-4-17(5-9)6-10(18)16-7-12(13,14)15/h3-5,8H,6-7H2,1-2H3,(H,16,18). The van der Waals surface area contributed by atoms with E-state index in [0.29, 0.717) is 5.56 Å². The summed E-state index contributed by atoms with van der Waals surface area (Å²) in [6.07, 6.45) is -1.48. The van der Waals surface area contributed by atoms with Crippen LogP contribution in [0, 0.1) is 5.92 Å². The highest BCUT2D eigenvalue weighted by Crippen LogP contribution is 2.12. The van der Waals surface area contributed by atoms with Crippen LogP contribution in [0.15, 0.2) is 18.5 Å². The van der Waals surface area contributed by atoms with Crippen LogP contribution in [0.4, 0.5) is 13.2 Å². The van der Waals surface area contributed by atoms with E-state index in [1.54, 1.807) is 25.2 Å². The van der Waals surface area contributed by atoms with E-state index < -0.39 is 18.6 Å². The second-order valence-corrected chi connectivity index (χ2v) is 4.48. The van der Waals surface area contributed by atoms with Gasteiger partial charge in [0.1, 0.15) is 13.1 Å². The first-order valence-electron chi connectivity index (χ1n) is 5.72. The minimum atomic E-state index is -4.43. The molecule has 0 saturated heterocycles. The van der Waals surface area contributed by atoms with Crippen molar-refractivity contribution < 1.29 is 22.8 Å². The molecule has 0 aliphatic rings. The number of aromatic nitrogens is 1. The minimum Gasteiger partial charge on any atom is -0.345 e. The molecule has 0 radical (unpaired) electrons. The highest BCUT2D eigenvalue weighted by Gasteiger charge is 2.27. The molecule has 1 N–H and O–H groups in total. The van der Waals surface area contributed by atoms with Gasteiger partial charge in [0.2, 0.25) is 5.91 Å². The molecule has 0 atom stereocenters. The van der Waals surface area contributed by atoms with Crippen LogP contribution in [0.1, 0.15) is 24.2 Å². The van der Waals surface area contributed by atoms with Gasteiger partial charge in [0.05, 0.1) is 0 Å². The number of alkyl halides is 3. The minimum absolute atomic E-state index is 0.0746. The summed E-state index contributed by atoms with van der Waals surface area (Å²) in [4.78, 5) is 22.9. The molecule has 1 heterocycles. The van der Waals surface area contributed by atoms with Crippen molar-refractivity contribution in [3.05, 3.63) is 24.0 Å². The number of Topliss-reactive ketones (excluding diaryl/α,β-unsaturated/α-hetero) is 1. The lowest BCUT2D eigenvalue weighted by Gasteiger charge is -2.08. The van der Waals surface area contributed by atoms with Gasteiger partial charge in [-0.2, -0.15) is 13.2 Å². The third-order valence-electron chi connectivity index (χ3n) is 2.37. The SMILES string of the molecule is CC(C)C(=O)c1ccn(CC(=O)NCC(F)(F)F)c1. The number of nitrogens with zero attached hydrogens (tertiary/aromatic N) is 1. The lowest BCUT2D eigenvalue weighted by molar-refractivity contribution is -0.138. The lowest BCUT2D eigenvalue weighted by atomic mass is 10.0. The number of hydrogen-bond donors (Lipinski definition) is 1.